The van der Waals surface area contributed by atoms with E-state index in [1.807, 2.05) is 25.5 Å². The van der Waals surface area contributed by atoms with E-state index in [0.29, 0.717) is 5.92 Å². The average Bonchev–Trinajstić information content (AvgIpc) is 3.06. The number of methoxy groups -OCH3 is 1. The minimum atomic E-state index is -0.0633. The van der Waals surface area contributed by atoms with Crippen LogP contribution in [0.25, 0.3) is 0 Å². The van der Waals surface area contributed by atoms with E-state index in [1.54, 1.807) is 0 Å². The molecule has 0 aliphatic heterocycles. The second-order valence-corrected chi connectivity index (χ2v) is 6.96. The van der Waals surface area contributed by atoms with Gasteiger partial charge in [0.15, 0.2) is 0 Å². The lowest BCUT2D eigenvalue weighted by Crippen LogP contribution is -2.25. The maximum atomic E-state index is 5.89. The van der Waals surface area contributed by atoms with Gasteiger partial charge in [-0.25, -0.2) is 4.98 Å². The predicted octanol–water partition coefficient (Wildman–Crippen LogP) is 3.20. The third-order valence-corrected chi connectivity index (χ3v) is 6.03. The standard InChI is InChI=1S/C15H24N2OS/c1-16-10-11-6-5-7-12-13(11)17-14(19-12)15(18-2)8-3-4-9-15/h11,16H,3-10H2,1-2H3. The minimum Gasteiger partial charge on any atom is -0.371 e. The highest BCUT2D eigenvalue weighted by atomic mass is 32.1. The summed E-state index contributed by atoms with van der Waals surface area (Å²) < 4.78 is 5.89. The van der Waals surface area contributed by atoms with Crippen molar-refractivity contribution in [3.05, 3.63) is 15.6 Å². The third-order valence-electron chi connectivity index (χ3n) is 4.71. The zero-order valence-corrected chi connectivity index (χ0v) is 12.8. The van der Waals surface area contributed by atoms with E-state index in [1.165, 1.54) is 47.7 Å². The quantitative estimate of drug-likeness (QED) is 0.919. The second-order valence-electron chi connectivity index (χ2n) is 5.88. The van der Waals surface area contributed by atoms with Crippen molar-refractivity contribution in [2.45, 2.75) is 56.5 Å². The van der Waals surface area contributed by atoms with Gasteiger partial charge in [0.2, 0.25) is 0 Å². The van der Waals surface area contributed by atoms with Gasteiger partial charge in [0.05, 0.1) is 5.69 Å². The van der Waals surface area contributed by atoms with Crippen LogP contribution in [-0.2, 0) is 16.8 Å². The largest absolute Gasteiger partial charge is 0.371 e. The predicted molar refractivity (Wildman–Crippen MR) is 78.9 cm³/mol. The smallest absolute Gasteiger partial charge is 0.125 e. The first kappa shape index (κ1) is 13.5. The number of aromatic nitrogens is 1. The van der Waals surface area contributed by atoms with E-state index in [2.05, 4.69) is 5.32 Å². The number of ether oxygens (including phenoxy) is 1. The maximum Gasteiger partial charge on any atom is 0.125 e. The Balaban J connectivity index is 1.92. The van der Waals surface area contributed by atoms with Crippen molar-refractivity contribution in [2.24, 2.45) is 0 Å². The van der Waals surface area contributed by atoms with Crippen LogP contribution in [0.3, 0.4) is 0 Å². The fraction of sp³-hybridized carbons (Fsp3) is 0.800. The summed E-state index contributed by atoms with van der Waals surface area (Å²) in [6.45, 7) is 1.05. The summed E-state index contributed by atoms with van der Waals surface area (Å²) >= 11 is 1.92. The first-order chi connectivity index (χ1) is 9.29. The van der Waals surface area contributed by atoms with Crippen LogP contribution < -0.4 is 5.32 Å². The molecule has 1 fully saturated rings. The van der Waals surface area contributed by atoms with E-state index in [0.717, 1.165) is 19.4 Å². The Morgan fingerprint density at radius 3 is 2.84 bits per heavy atom. The number of likely N-dealkylation sites (N-methyl/N-ethyl adjacent to an activating group) is 1. The number of nitrogens with zero attached hydrogens (tertiary/aromatic N) is 1. The van der Waals surface area contributed by atoms with E-state index < -0.39 is 0 Å². The van der Waals surface area contributed by atoms with E-state index in [-0.39, 0.29) is 5.60 Å². The molecule has 3 rings (SSSR count). The molecule has 19 heavy (non-hydrogen) atoms. The molecule has 1 atom stereocenters. The molecule has 1 unspecified atom stereocenters. The molecule has 0 saturated heterocycles. The highest BCUT2D eigenvalue weighted by Crippen LogP contribution is 2.46. The lowest BCUT2D eigenvalue weighted by molar-refractivity contribution is -0.00900. The number of thiazole rings is 1. The molecule has 4 heteroatoms. The van der Waals surface area contributed by atoms with Gasteiger partial charge in [0, 0.05) is 24.4 Å². The minimum absolute atomic E-state index is 0.0633. The molecule has 0 amide bonds. The summed E-state index contributed by atoms with van der Waals surface area (Å²) in [6.07, 6.45) is 8.64. The highest BCUT2D eigenvalue weighted by Gasteiger charge is 2.40. The number of aryl methyl sites for hydroxylation is 1. The lowest BCUT2D eigenvalue weighted by atomic mass is 9.91. The van der Waals surface area contributed by atoms with Crippen LogP contribution in [0.2, 0.25) is 0 Å². The summed E-state index contributed by atoms with van der Waals surface area (Å²) in [6, 6.07) is 0. The Hall–Kier alpha value is -0.450. The van der Waals surface area contributed by atoms with Crippen molar-refractivity contribution in [1.29, 1.82) is 0 Å². The van der Waals surface area contributed by atoms with Crippen LogP contribution in [-0.4, -0.2) is 25.7 Å². The molecule has 106 valence electrons. The lowest BCUT2D eigenvalue weighted by Gasteiger charge is -2.24. The van der Waals surface area contributed by atoms with Crippen LogP contribution in [0.15, 0.2) is 0 Å². The van der Waals surface area contributed by atoms with Gasteiger partial charge in [0.1, 0.15) is 10.6 Å². The molecular weight excluding hydrogens is 256 g/mol. The van der Waals surface area contributed by atoms with Crippen molar-refractivity contribution < 1.29 is 4.74 Å². The van der Waals surface area contributed by atoms with Crippen LogP contribution in [0.1, 0.15) is 60.0 Å². The van der Waals surface area contributed by atoms with Crippen LogP contribution in [0.5, 0.6) is 0 Å². The maximum absolute atomic E-state index is 5.89. The topological polar surface area (TPSA) is 34.1 Å². The number of nitrogens with one attached hydrogen (secondary N) is 1. The number of rotatable bonds is 4. The van der Waals surface area contributed by atoms with Crippen molar-refractivity contribution in [2.75, 3.05) is 20.7 Å². The Labute approximate surface area is 119 Å². The zero-order chi connectivity index (χ0) is 13.3. The van der Waals surface area contributed by atoms with E-state index in [4.69, 9.17) is 9.72 Å². The summed E-state index contributed by atoms with van der Waals surface area (Å²) in [5.41, 5.74) is 1.30. The van der Waals surface area contributed by atoms with Gasteiger partial charge < -0.3 is 10.1 Å². The first-order valence-corrected chi connectivity index (χ1v) is 8.30. The molecule has 2 aliphatic rings. The monoisotopic (exact) mass is 280 g/mol. The van der Waals surface area contributed by atoms with Crippen molar-refractivity contribution >= 4 is 11.3 Å². The van der Waals surface area contributed by atoms with Gasteiger partial charge in [-0.2, -0.15) is 0 Å². The third kappa shape index (κ3) is 2.34. The van der Waals surface area contributed by atoms with Gasteiger partial charge in [-0.05, 0) is 39.2 Å². The van der Waals surface area contributed by atoms with Gasteiger partial charge in [-0.3, -0.25) is 0 Å². The number of fused-ring (bicyclic) bond motifs is 1. The van der Waals surface area contributed by atoms with Gasteiger partial charge in [-0.1, -0.05) is 12.8 Å². The molecule has 0 spiro atoms. The van der Waals surface area contributed by atoms with Crippen LogP contribution >= 0.6 is 11.3 Å². The van der Waals surface area contributed by atoms with Crippen molar-refractivity contribution in [1.82, 2.24) is 10.3 Å². The number of hydrogen-bond donors (Lipinski definition) is 1. The Kier molecular flexibility index (Phi) is 3.92. The molecular formula is C15H24N2OS. The normalized spacial score (nSPS) is 25.5. The number of hydrogen-bond acceptors (Lipinski definition) is 4. The van der Waals surface area contributed by atoms with Crippen molar-refractivity contribution in [3.63, 3.8) is 0 Å². The molecule has 1 N–H and O–H groups in total. The first-order valence-electron chi connectivity index (χ1n) is 7.49. The molecule has 1 aromatic rings. The fourth-order valence-corrected chi connectivity index (χ4v) is 5.01. The summed E-state index contributed by atoms with van der Waals surface area (Å²) in [4.78, 5) is 6.55. The molecule has 0 bridgehead atoms. The molecule has 1 saturated carbocycles. The SMILES string of the molecule is CNCC1CCCc2sc(C3(OC)CCCC3)nc21. The molecule has 1 heterocycles. The Morgan fingerprint density at radius 2 is 2.16 bits per heavy atom. The van der Waals surface area contributed by atoms with Gasteiger partial charge in [0.25, 0.3) is 0 Å². The average molecular weight is 280 g/mol. The molecule has 2 aliphatic carbocycles. The summed E-state index contributed by atoms with van der Waals surface area (Å²) in [7, 11) is 3.89. The summed E-state index contributed by atoms with van der Waals surface area (Å²) in [5, 5.41) is 4.56. The van der Waals surface area contributed by atoms with Crippen LogP contribution in [0.4, 0.5) is 0 Å². The Morgan fingerprint density at radius 1 is 1.37 bits per heavy atom. The highest BCUT2D eigenvalue weighted by molar-refractivity contribution is 7.11. The zero-order valence-electron chi connectivity index (χ0n) is 12.0. The summed E-state index contributed by atoms with van der Waals surface area (Å²) in [5.74, 6) is 0.606. The van der Waals surface area contributed by atoms with Gasteiger partial charge >= 0.3 is 0 Å². The fourth-order valence-electron chi connectivity index (χ4n) is 3.60. The molecule has 1 aromatic heterocycles. The molecule has 0 radical (unpaired) electrons. The van der Waals surface area contributed by atoms with Gasteiger partial charge in [-0.15, -0.1) is 11.3 Å². The van der Waals surface area contributed by atoms with Crippen molar-refractivity contribution in [3.8, 4) is 0 Å². The Bertz CT molecular complexity index is 437. The van der Waals surface area contributed by atoms with Crippen LogP contribution in [0, 0.1) is 0 Å². The molecule has 0 aromatic carbocycles. The second kappa shape index (κ2) is 5.51. The van der Waals surface area contributed by atoms with E-state index in [9.17, 15) is 0 Å². The van der Waals surface area contributed by atoms with E-state index >= 15 is 0 Å². The molecule has 3 nitrogen and oxygen atoms in total.